The fourth-order valence-corrected chi connectivity index (χ4v) is 2.16. The van der Waals surface area contributed by atoms with E-state index in [0.717, 1.165) is 30.9 Å². The Kier molecular flexibility index (Phi) is 4.11. The molecule has 0 aliphatic carbocycles. The van der Waals surface area contributed by atoms with Gasteiger partial charge < -0.3 is 15.0 Å². The fraction of sp³-hybridized carbons (Fsp3) is 0.643. The molecule has 0 spiro atoms. The molecule has 1 saturated heterocycles. The number of amides is 1. The Morgan fingerprint density at radius 1 is 1.50 bits per heavy atom. The number of hydrogen-bond acceptors (Lipinski definition) is 5. The van der Waals surface area contributed by atoms with Gasteiger partial charge in [-0.25, -0.2) is 4.79 Å². The summed E-state index contributed by atoms with van der Waals surface area (Å²) in [5, 5.41) is 11.0. The Labute approximate surface area is 119 Å². The number of anilines is 1. The molecule has 1 amide bonds. The van der Waals surface area contributed by atoms with Crippen LogP contribution in [0.2, 0.25) is 0 Å². The van der Waals surface area contributed by atoms with Crippen molar-refractivity contribution in [2.24, 2.45) is 0 Å². The standard InChI is InChI=1S/C14H22N4O2/c1-10-7-12(17-15-8-10)18-6-5-11(9-18)16-13(19)20-14(2,3)4/h7-8,11H,5-6,9H2,1-4H3,(H,16,19). The number of ether oxygens (including phenoxy) is 1. The number of carbonyl (C=O) groups is 1. The Balaban J connectivity index is 1.88. The summed E-state index contributed by atoms with van der Waals surface area (Å²) < 4.78 is 5.26. The van der Waals surface area contributed by atoms with Crippen molar-refractivity contribution < 1.29 is 9.53 Å². The van der Waals surface area contributed by atoms with Crippen molar-refractivity contribution in [1.29, 1.82) is 0 Å². The van der Waals surface area contributed by atoms with Crippen LogP contribution in [0, 0.1) is 6.92 Å². The molecule has 6 nitrogen and oxygen atoms in total. The highest BCUT2D eigenvalue weighted by atomic mass is 16.6. The molecule has 110 valence electrons. The van der Waals surface area contributed by atoms with Crippen molar-refractivity contribution in [1.82, 2.24) is 15.5 Å². The lowest BCUT2D eigenvalue weighted by atomic mass is 10.2. The van der Waals surface area contributed by atoms with E-state index in [2.05, 4.69) is 20.4 Å². The second kappa shape index (κ2) is 5.64. The molecule has 0 saturated carbocycles. The summed E-state index contributed by atoms with van der Waals surface area (Å²) in [6, 6.07) is 2.09. The maximum absolute atomic E-state index is 11.7. The van der Waals surface area contributed by atoms with Crippen molar-refractivity contribution in [3.63, 3.8) is 0 Å². The molecule has 0 aromatic carbocycles. The highest BCUT2D eigenvalue weighted by Crippen LogP contribution is 2.18. The van der Waals surface area contributed by atoms with Gasteiger partial charge in [0.1, 0.15) is 5.60 Å². The van der Waals surface area contributed by atoms with Crippen LogP contribution in [0.4, 0.5) is 10.6 Å². The first-order chi connectivity index (χ1) is 9.33. The molecule has 0 radical (unpaired) electrons. The molecule has 6 heteroatoms. The average Bonchev–Trinajstić information content (AvgIpc) is 2.74. The fourth-order valence-electron chi connectivity index (χ4n) is 2.16. The molecule has 2 heterocycles. The highest BCUT2D eigenvalue weighted by molar-refractivity contribution is 5.68. The molecular formula is C14H22N4O2. The summed E-state index contributed by atoms with van der Waals surface area (Å²) in [7, 11) is 0. The van der Waals surface area contributed by atoms with Crippen LogP contribution in [0.3, 0.4) is 0 Å². The smallest absolute Gasteiger partial charge is 0.407 e. The predicted octanol–water partition coefficient (Wildman–Crippen LogP) is 1.89. The van der Waals surface area contributed by atoms with Crippen molar-refractivity contribution in [3.05, 3.63) is 17.8 Å². The second-order valence-electron chi connectivity index (χ2n) is 6.17. The van der Waals surface area contributed by atoms with E-state index in [1.807, 2.05) is 33.8 Å². The van der Waals surface area contributed by atoms with Gasteiger partial charge in [0.05, 0.1) is 12.2 Å². The summed E-state index contributed by atoms with van der Waals surface area (Å²) in [6.45, 7) is 9.16. The van der Waals surface area contributed by atoms with Crippen LogP contribution in [-0.2, 0) is 4.74 Å². The summed E-state index contributed by atoms with van der Waals surface area (Å²) in [4.78, 5) is 13.9. The van der Waals surface area contributed by atoms with Crippen LogP contribution in [0.15, 0.2) is 12.3 Å². The Morgan fingerprint density at radius 3 is 2.90 bits per heavy atom. The number of aromatic nitrogens is 2. The zero-order valence-corrected chi connectivity index (χ0v) is 12.5. The molecule has 1 aliphatic rings. The van der Waals surface area contributed by atoms with Crippen LogP contribution in [0.5, 0.6) is 0 Å². The van der Waals surface area contributed by atoms with E-state index in [4.69, 9.17) is 4.74 Å². The number of carbonyl (C=O) groups excluding carboxylic acids is 1. The van der Waals surface area contributed by atoms with Gasteiger partial charge in [0.15, 0.2) is 5.82 Å². The zero-order chi connectivity index (χ0) is 14.8. The molecule has 20 heavy (non-hydrogen) atoms. The van der Waals surface area contributed by atoms with Crippen molar-refractivity contribution in [2.75, 3.05) is 18.0 Å². The predicted molar refractivity (Wildman–Crippen MR) is 76.8 cm³/mol. The van der Waals surface area contributed by atoms with Gasteiger partial charge in [-0.2, -0.15) is 5.10 Å². The van der Waals surface area contributed by atoms with Crippen LogP contribution in [0.1, 0.15) is 32.8 Å². The molecule has 1 aromatic rings. The Bertz CT molecular complexity index is 484. The lowest BCUT2D eigenvalue weighted by molar-refractivity contribution is 0.0509. The van der Waals surface area contributed by atoms with E-state index in [0.29, 0.717) is 0 Å². The van der Waals surface area contributed by atoms with E-state index in [1.165, 1.54) is 0 Å². The first-order valence-corrected chi connectivity index (χ1v) is 6.87. The summed E-state index contributed by atoms with van der Waals surface area (Å²) in [5.74, 6) is 0.860. The monoisotopic (exact) mass is 278 g/mol. The second-order valence-corrected chi connectivity index (χ2v) is 6.17. The Morgan fingerprint density at radius 2 is 2.25 bits per heavy atom. The maximum atomic E-state index is 11.7. The van der Waals surface area contributed by atoms with Gasteiger partial charge in [0, 0.05) is 13.1 Å². The van der Waals surface area contributed by atoms with E-state index in [9.17, 15) is 4.79 Å². The molecule has 1 atom stereocenters. The minimum absolute atomic E-state index is 0.0900. The molecule has 1 aromatic heterocycles. The zero-order valence-electron chi connectivity index (χ0n) is 12.5. The third kappa shape index (κ3) is 4.08. The third-order valence-electron chi connectivity index (χ3n) is 3.01. The summed E-state index contributed by atoms with van der Waals surface area (Å²) >= 11 is 0. The van der Waals surface area contributed by atoms with Gasteiger partial charge in [-0.3, -0.25) is 0 Å². The normalized spacial score (nSPS) is 19.0. The van der Waals surface area contributed by atoms with Crippen molar-refractivity contribution in [2.45, 2.75) is 45.8 Å². The maximum Gasteiger partial charge on any atom is 0.407 e. The topological polar surface area (TPSA) is 67.4 Å². The molecule has 1 aliphatic heterocycles. The van der Waals surface area contributed by atoms with E-state index in [1.54, 1.807) is 6.20 Å². The summed E-state index contributed by atoms with van der Waals surface area (Å²) in [5.41, 5.74) is 0.614. The molecule has 0 bridgehead atoms. The number of nitrogens with one attached hydrogen (secondary N) is 1. The average molecular weight is 278 g/mol. The lowest BCUT2D eigenvalue weighted by Gasteiger charge is -2.22. The SMILES string of the molecule is Cc1cnnc(N2CCC(NC(=O)OC(C)(C)C)C2)c1. The van der Waals surface area contributed by atoms with E-state index < -0.39 is 5.60 Å². The molecule has 1 unspecified atom stereocenters. The van der Waals surface area contributed by atoms with Gasteiger partial charge >= 0.3 is 6.09 Å². The van der Waals surface area contributed by atoms with Gasteiger partial charge in [-0.15, -0.1) is 5.10 Å². The first-order valence-electron chi connectivity index (χ1n) is 6.87. The molecule has 1 fully saturated rings. The summed E-state index contributed by atoms with van der Waals surface area (Å²) in [6.07, 6.45) is 2.25. The van der Waals surface area contributed by atoms with Gasteiger partial charge in [0.2, 0.25) is 0 Å². The minimum atomic E-state index is -0.468. The van der Waals surface area contributed by atoms with Crippen LogP contribution in [0.25, 0.3) is 0 Å². The first kappa shape index (κ1) is 14.6. The van der Waals surface area contributed by atoms with Crippen molar-refractivity contribution >= 4 is 11.9 Å². The number of alkyl carbamates (subject to hydrolysis) is 1. The van der Waals surface area contributed by atoms with E-state index in [-0.39, 0.29) is 12.1 Å². The van der Waals surface area contributed by atoms with Gasteiger partial charge in [-0.05, 0) is 45.7 Å². The van der Waals surface area contributed by atoms with Crippen LogP contribution < -0.4 is 10.2 Å². The Hall–Kier alpha value is -1.85. The van der Waals surface area contributed by atoms with Gasteiger partial charge in [-0.1, -0.05) is 0 Å². The van der Waals surface area contributed by atoms with Crippen LogP contribution in [-0.4, -0.2) is 41.0 Å². The third-order valence-corrected chi connectivity index (χ3v) is 3.01. The number of aryl methyl sites for hydroxylation is 1. The molecule has 2 rings (SSSR count). The number of rotatable bonds is 2. The van der Waals surface area contributed by atoms with E-state index >= 15 is 0 Å². The van der Waals surface area contributed by atoms with Gasteiger partial charge in [0.25, 0.3) is 0 Å². The molecule has 1 N–H and O–H groups in total. The number of hydrogen-bond donors (Lipinski definition) is 1. The minimum Gasteiger partial charge on any atom is -0.444 e. The number of nitrogens with zero attached hydrogens (tertiary/aromatic N) is 3. The highest BCUT2D eigenvalue weighted by Gasteiger charge is 2.27. The lowest BCUT2D eigenvalue weighted by Crippen LogP contribution is -2.40. The largest absolute Gasteiger partial charge is 0.444 e. The van der Waals surface area contributed by atoms with Crippen molar-refractivity contribution in [3.8, 4) is 0 Å². The quantitative estimate of drug-likeness (QED) is 0.894. The molecular weight excluding hydrogens is 256 g/mol. The van der Waals surface area contributed by atoms with Crippen LogP contribution >= 0.6 is 0 Å².